The van der Waals surface area contributed by atoms with Crippen LogP contribution < -0.4 is 10.9 Å². The standard InChI is InChI=1S/C14H10FN3O3/c15-11-6-10(4-3-9(11)2-1-5-19)18-14(21)12-7-17-13(20)8-16-12/h3-4,6-8,19H,5H2,(H,17,20)(H,18,21). The Morgan fingerprint density at radius 2 is 2.29 bits per heavy atom. The van der Waals surface area contributed by atoms with E-state index >= 15 is 0 Å². The van der Waals surface area contributed by atoms with Gasteiger partial charge < -0.3 is 15.4 Å². The molecule has 0 fully saturated rings. The molecule has 3 N–H and O–H groups in total. The van der Waals surface area contributed by atoms with Crippen molar-refractivity contribution >= 4 is 11.6 Å². The number of rotatable bonds is 2. The van der Waals surface area contributed by atoms with E-state index in [1.54, 1.807) is 0 Å². The van der Waals surface area contributed by atoms with Crippen LogP contribution in [0.4, 0.5) is 10.1 Å². The zero-order valence-corrected chi connectivity index (χ0v) is 10.7. The molecule has 1 aromatic carbocycles. The van der Waals surface area contributed by atoms with Crippen molar-refractivity contribution < 1.29 is 14.3 Å². The first-order valence-electron chi connectivity index (χ1n) is 5.85. The van der Waals surface area contributed by atoms with E-state index in [0.717, 1.165) is 18.5 Å². The molecule has 0 saturated carbocycles. The van der Waals surface area contributed by atoms with Gasteiger partial charge >= 0.3 is 0 Å². The second-order valence-electron chi connectivity index (χ2n) is 3.91. The fourth-order valence-corrected chi connectivity index (χ4v) is 1.49. The average Bonchev–Trinajstić information content (AvgIpc) is 2.47. The van der Waals surface area contributed by atoms with Crippen LogP contribution in [-0.4, -0.2) is 27.6 Å². The molecule has 0 aliphatic carbocycles. The summed E-state index contributed by atoms with van der Waals surface area (Å²) in [5, 5.41) is 11.0. The van der Waals surface area contributed by atoms with Crippen molar-refractivity contribution in [3.63, 3.8) is 0 Å². The Labute approximate surface area is 118 Å². The van der Waals surface area contributed by atoms with Crippen molar-refractivity contribution in [3.8, 4) is 11.8 Å². The molecule has 1 heterocycles. The van der Waals surface area contributed by atoms with Gasteiger partial charge in [0.1, 0.15) is 18.1 Å². The lowest BCUT2D eigenvalue weighted by atomic mass is 10.2. The van der Waals surface area contributed by atoms with E-state index in [2.05, 4.69) is 27.1 Å². The number of aliphatic hydroxyl groups excluding tert-OH is 1. The summed E-state index contributed by atoms with van der Waals surface area (Å²) in [5.74, 6) is 3.57. The smallest absolute Gasteiger partial charge is 0.275 e. The van der Waals surface area contributed by atoms with Crippen LogP contribution in [-0.2, 0) is 0 Å². The summed E-state index contributed by atoms with van der Waals surface area (Å²) in [6.45, 7) is -0.365. The number of aromatic amines is 1. The number of carbonyl (C=O) groups excluding carboxylic acids is 1. The molecular weight excluding hydrogens is 277 g/mol. The zero-order chi connectivity index (χ0) is 15.2. The quantitative estimate of drug-likeness (QED) is 0.701. The highest BCUT2D eigenvalue weighted by atomic mass is 19.1. The zero-order valence-electron chi connectivity index (χ0n) is 10.7. The van der Waals surface area contributed by atoms with Crippen molar-refractivity contribution in [2.24, 2.45) is 0 Å². The van der Waals surface area contributed by atoms with E-state index in [4.69, 9.17) is 5.11 Å². The van der Waals surface area contributed by atoms with Crippen LogP contribution in [0, 0.1) is 17.7 Å². The molecule has 6 nitrogen and oxygen atoms in total. The number of H-pyrrole nitrogens is 1. The molecule has 7 heteroatoms. The Balaban J connectivity index is 2.16. The first kappa shape index (κ1) is 14.4. The molecular formula is C14H10FN3O3. The van der Waals surface area contributed by atoms with Crippen LogP contribution in [0.3, 0.4) is 0 Å². The van der Waals surface area contributed by atoms with Crippen LogP contribution in [0.25, 0.3) is 0 Å². The summed E-state index contributed by atoms with van der Waals surface area (Å²) in [5.41, 5.74) is -0.0900. The molecule has 0 saturated heterocycles. The first-order valence-corrected chi connectivity index (χ1v) is 5.85. The number of nitrogens with one attached hydrogen (secondary N) is 2. The molecule has 106 valence electrons. The fraction of sp³-hybridized carbons (Fsp3) is 0.0714. The van der Waals surface area contributed by atoms with Gasteiger partial charge in [-0.15, -0.1) is 0 Å². The molecule has 2 rings (SSSR count). The van der Waals surface area contributed by atoms with Gasteiger partial charge in [0.15, 0.2) is 0 Å². The summed E-state index contributed by atoms with van der Waals surface area (Å²) in [6, 6.07) is 3.95. The molecule has 21 heavy (non-hydrogen) atoms. The molecule has 2 aromatic rings. The summed E-state index contributed by atoms with van der Waals surface area (Å²) >= 11 is 0. The van der Waals surface area contributed by atoms with E-state index in [-0.39, 0.29) is 23.6 Å². The average molecular weight is 287 g/mol. The molecule has 1 aromatic heterocycles. The minimum Gasteiger partial charge on any atom is -0.384 e. The third-order valence-electron chi connectivity index (χ3n) is 2.43. The summed E-state index contributed by atoms with van der Waals surface area (Å²) in [7, 11) is 0. The molecule has 1 amide bonds. The maximum Gasteiger partial charge on any atom is 0.275 e. The number of nitrogens with zero attached hydrogens (tertiary/aromatic N) is 1. The number of benzene rings is 1. The second kappa shape index (κ2) is 6.45. The van der Waals surface area contributed by atoms with E-state index in [9.17, 15) is 14.0 Å². The highest BCUT2D eigenvalue weighted by molar-refractivity contribution is 6.02. The van der Waals surface area contributed by atoms with Crippen LogP contribution in [0.2, 0.25) is 0 Å². The summed E-state index contributed by atoms with van der Waals surface area (Å²) < 4.78 is 13.7. The number of amides is 1. The Morgan fingerprint density at radius 1 is 1.48 bits per heavy atom. The van der Waals surface area contributed by atoms with Crippen LogP contribution in [0.15, 0.2) is 35.4 Å². The molecule has 0 atom stereocenters. The van der Waals surface area contributed by atoms with E-state index < -0.39 is 17.3 Å². The minimum absolute atomic E-state index is 0.000781. The largest absolute Gasteiger partial charge is 0.384 e. The van der Waals surface area contributed by atoms with Crippen molar-refractivity contribution in [2.75, 3.05) is 11.9 Å². The molecule has 0 aliphatic heterocycles. The molecule has 0 unspecified atom stereocenters. The number of halogens is 1. The minimum atomic E-state index is -0.622. The fourth-order valence-electron chi connectivity index (χ4n) is 1.49. The maximum absolute atomic E-state index is 13.7. The number of aromatic nitrogens is 2. The van der Waals surface area contributed by atoms with Crippen LogP contribution >= 0.6 is 0 Å². The van der Waals surface area contributed by atoms with Crippen molar-refractivity contribution in [3.05, 3.63) is 58.0 Å². The molecule has 0 spiro atoms. The van der Waals surface area contributed by atoms with Gasteiger partial charge in [0.25, 0.3) is 11.5 Å². The van der Waals surface area contributed by atoms with Gasteiger partial charge in [0.05, 0.1) is 11.8 Å². The SMILES string of the molecule is O=C(Nc1ccc(C#CCO)c(F)c1)c1c[nH]c(=O)cn1. The predicted octanol–water partition coefficient (Wildman–Crippen LogP) is 0.505. The lowest BCUT2D eigenvalue weighted by Crippen LogP contribution is -2.17. The van der Waals surface area contributed by atoms with Gasteiger partial charge in [-0.05, 0) is 18.2 Å². The molecule has 0 radical (unpaired) electrons. The Bertz CT molecular complexity index is 770. The number of aliphatic hydroxyl groups is 1. The summed E-state index contributed by atoms with van der Waals surface area (Å²) in [4.78, 5) is 28.6. The lowest BCUT2D eigenvalue weighted by molar-refractivity contribution is 0.102. The predicted molar refractivity (Wildman–Crippen MR) is 73.2 cm³/mol. The Kier molecular flexibility index (Phi) is 4.43. The highest BCUT2D eigenvalue weighted by Crippen LogP contribution is 2.14. The van der Waals surface area contributed by atoms with Crippen molar-refractivity contribution in [1.82, 2.24) is 9.97 Å². The normalized spacial score (nSPS) is 9.62. The number of hydrogen-bond acceptors (Lipinski definition) is 4. The topological polar surface area (TPSA) is 95.1 Å². The maximum atomic E-state index is 13.7. The van der Waals surface area contributed by atoms with Crippen LogP contribution in [0.1, 0.15) is 16.1 Å². The lowest BCUT2D eigenvalue weighted by Gasteiger charge is -2.05. The van der Waals surface area contributed by atoms with Crippen molar-refractivity contribution in [1.29, 1.82) is 0 Å². The first-order chi connectivity index (χ1) is 10.1. The summed E-state index contributed by atoms with van der Waals surface area (Å²) in [6.07, 6.45) is 2.14. The monoisotopic (exact) mass is 287 g/mol. The van der Waals surface area contributed by atoms with Gasteiger partial charge in [-0.2, -0.15) is 0 Å². The Morgan fingerprint density at radius 3 is 2.90 bits per heavy atom. The van der Waals surface area contributed by atoms with E-state index in [1.807, 2.05) is 0 Å². The number of anilines is 1. The molecule has 0 aliphatic rings. The molecule has 0 bridgehead atoms. The third-order valence-corrected chi connectivity index (χ3v) is 2.43. The van der Waals surface area contributed by atoms with Crippen LogP contribution in [0.5, 0.6) is 0 Å². The number of hydrogen-bond donors (Lipinski definition) is 3. The number of carbonyl (C=O) groups is 1. The van der Waals surface area contributed by atoms with Gasteiger partial charge in [-0.25, -0.2) is 9.37 Å². The van der Waals surface area contributed by atoms with Gasteiger partial charge in [0.2, 0.25) is 0 Å². The van der Waals surface area contributed by atoms with E-state index in [1.165, 1.54) is 12.1 Å². The van der Waals surface area contributed by atoms with Gasteiger partial charge in [-0.3, -0.25) is 9.59 Å². The van der Waals surface area contributed by atoms with Gasteiger partial charge in [-0.1, -0.05) is 11.8 Å². The highest BCUT2D eigenvalue weighted by Gasteiger charge is 2.09. The third kappa shape index (κ3) is 3.75. The van der Waals surface area contributed by atoms with Crippen molar-refractivity contribution in [2.45, 2.75) is 0 Å². The Hall–Kier alpha value is -2.98. The second-order valence-corrected chi connectivity index (χ2v) is 3.91. The van der Waals surface area contributed by atoms with Gasteiger partial charge in [0, 0.05) is 11.9 Å². The van der Waals surface area contributed by atoms with E-state index in [0.29, 0.717) is 0 Å².